The minimum atomic E-state index is -0.795. The summed E-state index contributed by atoms with van der Waals surface area (Å²) in [5, 5.41) is 34.0. The Morgan fingerprint density at radius 2 is 1.44 bits per heavy atom. The molecule has 2 aliphatic heterocycles. The van der Waals surface area contributed by atoms with Crippen molar-refractivity contribution in [3.63, 3.8) is 0 Å². The first-order valence-corrected chi connectivity index (χ1v) is 14.1. The Kier molecular flexibility index (Phi) is 5.04. The predicted octanol–water partition coefficient (Wildman–Crippen LogP) is 4.78. The van der Waals surface area contributed by atoms with E-state index >= 15 is 0 Å². The molecule has 8 nitrogen and oxygen atoms in total. The third-order valence-electron chi connectivity index (χ3n) is 7.06. The van der Waals surface area contributed by atoms with Crippen LogP contribution in [0.15, 0.2) is 88.1 Å². The van der Waals surface area contributed by atoms with Crippen molar-refractivity contribution in [2.24, 2.45) is 0 Å². The molecule has 192 valence electrons. The third-order valence-corrected chi connectivity index (χ3v) is 10.3. The molecule has 9 heteroatoms. The van der Waals surface area contributed by atoms with Crippen molar-refractivity contribution in [3.05, 3.63) is 117 Å². The standard InChI is InChI=1S/C30H19NO7Se/c32-18-3-1-15-10-21(29(36)38-25(15)11-18)28(35)31-17-2-6-22-16(9-17)14-39-30(22)23-7-4-19(33)12-26(23)37-27-13-20(34)5-8-24(27)30/h1-13,32-34H,14H2,(H,31,35). The number of rotatable bonds is 2. The third kappa shape index (κ3) is 3.59. The minimum absolute atomic E-state index is 0.00413. The number of hydrogen-bond acceptors (Lipinski definition) is 7. The summed E-state index contributed by atoms with van der Waals surface area (Å²) in [5.74, 6) is 0.624. The van der Waals surface area contributed by atoms with Crippen LogP contribution in [-0.2, 0) is 9.63 Å². The summed E-state index contributed by atoms with van der Waals surface area (Å²) in [6.45, 7) is 0. The second-order valence-electron chi connectivity index (χ2n) is 9.43. The maximum absolute atomic E-state index is 13.1. The summed E-state index contributed by atoms with van der Waals surface area (Å²) in [4.78, 5) is 25.5. The van der Waals surface area contributed by atoms with Gasteiger partial charge in [-0.3, -0.25) is 0 Å². The fourth-order valence-corrected chi connectivity index (χ4v) is 8.72. The summed E-state index contributed by atoms with van der Waals surface area (Å²) in [5.41, 5.74) is 3.79. The van der Waals surface area contributed by atoms with Crippen LogP contribution >= 0.6 is 0 Å². The molecule has 0 bridgehead atoms. The molecule has 3 heterocycles. The van der Waals surface area contributed by atoms with Crippen LogP contribution in [-0.4, -0.2) is 36.2 Å². The normalized spacial score (nSPS) is 14.4. The van der Waals surface area contributed by atoms with E-state index in [0.29, 0.717) is 22.6 Å². The Morgan fingerprint density at radius 1 is 0.795 bits per heavy atom. The quantitative estimate of drug-likeness (QED) is 0.174. The molecule has 0 radical (unpaired) electrons. The molecule has 0 atom stereocenters. The van der Waals surface area contributed by atoms with Crippen LogP contribution in [0.2, 0.25) is 0 Å². The van der Waals surface area contributed by atoms with E-state index in [2.05, 4.69) is 5.32 Å². The SMILES string of the molecule is O=C(Nc1ccc2c(c1)C[Se]C21c2ccc(O)cc2Oc2cc(O)ccc21)c1cc2ccc(O)cc2oc1=O. The topological polar surface area (TPSA) is 129 Å². The van der Waals surface area contributed by atoms with Crippen LogP contribution in [0.1, 0.15) is 32.6 Å². The van der Waals surface area contributed by atoms with E-state index in [1.807, 2.05) is 24.3 Å². The number of carbonyl (C=O) groups excluding carboxylic acids is 1. The van der Waals surface area contributed by atoms with E-state index in [0.717, 1.165) is 27.6 Å². The molecule has 5 aromatic rings. The molecular weight excluding hydrogens is 565 g/mol. The second-order valence-corrected chi connectivity index (χ2v) is 11.9. The first kappa shape index (κ1) is 23.4. The molecule has 0 saturated heterocycles. The van der Waals surface area contributed by atoms with Crippen molar-refractivity contribution in [2.75, 3.05) is 5.32 Å². The van der Waals surface area contributed by atoms with E-state index in [1.165, 1.54) is 18.2 Å². The molecule has 0 fully saturated rings. The van der Waals surface area contributed by atoms with Gasteiger partial charge in [0.15, 0.2) is 0 Å². The molecule has 7 rings (SSSR count). The van der Waals surface area contributed by atoms with E-state index in [4.69, 9.17) is 9.15 Å². The predicted molar refractivity (Wildman–Crippen MR) is 144 cm³/mol. The molecule has 1 amide bonds. The maximum atomic E-state index is 13.1. The fraction of sp³-hybridized carbons (Fsp3) is 0.0667. The summed E-state index contributed by atoms with van der Waals surface area (Å²) in [6.07, 6.45) is 0. The van der Waals surface area contributed by atoms with Crippen LogP contribution in [0.25, 0.3) is 11.0 Å². The first-order chi connectivity index (χ1) is 18.8. The zero-order chi connectivity index (χ0) is 26.9. The number of phenols is 3. The number of anilines is 1. The Hall–Kier alpha value is -4.72. The van der Waals surface area contributed by atoms with Gasteiger partial charge < -0.3 is 5.11 Å². The molecule has 1 aromatic heterocycles. The van der Waals surface area contributed by atoms with E-state index < -0.39 is 15.8 Å². The molecule has 4 N–H and O–H groups in total. The van der Waals surface area contributed by atoms with Crippen molar-refractivity contribution in [1.82, 2.24) is 0 Å². The molecule has 2 aliphatic rings. The number of hydrogen-bond donors (Lipinski definition) is 4. The molecule has 0 unspecified atom stereocenters. The number of nitrogens with one attached hydrogen (secondary N) is 1. The first-order valence-electron chi connectivity index (χ1n) is 12.0. The number of phenolic OH excluding ortho intramolecular Hbond substituents is 3. The van der Waals surface area contributed by atoms with Crippen LogP contribution in [0.5, 0.6) is 28.7 Å². The van der Waals surface area contributed by atoms with Gasteiger partial charge in [0.25, 0.3) is 0 Å². The van der Waals surface area contributed by atoms with Crippen molar-refractivity contribution in [2.45, 2.75) is 9.63 Å². The zero-order valence-corrected chi connectivity index (χ0v) is 21.8. The molecule has 0 aliphatic carbocycles. The number of carbonyl (C=O) groups is 1. The van der Waals surface area contributed by atoms with E-state index in [9.17, 15) is 24.9 Å². The Bertz CT molecular complexity index is 1860. The van der Waals surface area contributed by atoms with Crippen LogP contribution in [0, 0.1) is 0 Å². The van der Waals surface area contributed by atoms with Crippen LogP contribution < -0.4 is 15.7 Å². The Balaban J connectivity index is 1.28. The molecule has 1 spiro atoms. The monoisotopic (exact) mass is 585 g/mol. The van der Waals surface area contributed by atoms with Crippen molar-refractivity contribution in [3.8, 4) is 28.7 Å². The van der Waals surface area contributed by atoms with Crippen molar-refractivity contribution < 1.29 is 29.3 Å². The van der Waals surface area contributed by atoms with Gasteiger partial charge in [0.1, 0.15) is 0 Å². The van der Waals surface area contributed by atoms with Gasteiger partial charge in [-0.15, -0.1) is 0 Å². The van der Waals surface area contributed by atoms with Gasteiger partial charge in [-0.2, -0.15) is 0 Å². The number of ether oxygens (including phenoxy) is 1. The molecular formula is C30H19NO7Se. The van der Waals surface area contributed by atoms with Gasteiger partial charge in [0, 0.05) is 0 Å². The van der Waals surface area contributed by atoms with Gasteiger partial charge in [-0.1, -0.05) is 0 Å². The van der Waals surface area contributed by atoms with Crippen LogP contribution in [0.4, 0.5) is 5.69 Å². The van der Waals surface area contributed by atoms with Gasteiger partial charge in [-0.05, 0) is 0 Å². The average molecular weight is 584 g/mol. The number of amides is 1. The fourth-order valence-electron chi connectivity index (χ4n) is 5.34. The van der Waals surface area contributed by atoms with Gasteiger partial charge in [0.05, 0.1) is 0 Å². The number of aromatic hydroxyl groups is 3. The summed E-state index contributed by atoms with van der Waals surface area (Å²) in [6, 6.07) is 21.7. The van der Waals surface area contributed by atoms with E-state index in [1.54, 1.807) is 36.4 Å². The van der Waals surface area contributed by atoms with Crippen molar-refractivity contribution in [1.29, 1.82) is 0 Å². The zero-order valence-electron chi connectivity index (χ0n) is 20.1. The van der Waals surface area contributed by atoms with Gasteiger partial charge in [0.2, 0.25) is 0 Å². The Labute approximate surface area is 227 Å². The molecule has 39 heavy (non-hydrogen) atoms. The van der Waals surface area contributed by atoms with Gasteiger partial charge in [-0.25, -0.2) is 0 Å². The molecule has 0 saturated carbocycles. The summed E-state index contributed by atoms with van der Waals surface area (Å²) in [7, 11) is 0. The van der Waals surface area contributed by atoms with Crippen molar-refractivity contribution >= 4 is 37.5 Å². The van der Waals surface area contributed by atoms with Crippen LogP contribution in [0.3, 0.4) is 0 Å². The molecule has 4 aromatic carbocycles. The average Bonchev–Trinajstić information content (AvgIpc) is 3.27. The summed E-state index contributed by atoms with van der Waals surface area (Å²) >= 11 is 0.00413. The number of benzene rings is 4. The van der Waals surface area contributed by atoms with E-state index in [-0.39, 0.29) is 43.4 Å². The number of fused-ring (bicyclic) bond motifs is 7. The Morgan fingerprint density at radius 3 is 2.15 bits per heavy atom. The second kappa shape index (κ2) is 8.39. The van der Waals surface area contributed by atoms with Gasteiger partial charge >= 0.3 is 222 Å². The summed E-state index contributed by atoms with van der Waals surface area (Å²) < 4.78 is 10.8.